The number of nitrogens with zero attached hydrogens (tertiary/aromatic N) is 2. The van der Waals surface area contributed by atoms with Crippen molar-refractivity contribution in [2.45, 2.75) is 20.8 Å². The molecule has 0 aliphatic heterocycles. The van der Waals surface area contributed by atoms with Gasteiger partial charge in [-0.05, 0) is 19.1 Å². The Morgan fingerprint density at radius 3 is 2.77 bits per heavy atom. The lowest BCUT2D eigenvalue weighted by atomic mass is 10.5. The van der Waals surface area contributed by atoms with Crippen LogP contribution in [0.4, 0.5) is 0 Å². The quantitative estimate of drug-likeness (QED) is 0.632. The van der Waals surface area contributed by atoms with E-state index in [2.05, 4.69) is 4.98 Å². The number of pyridine rings is 1. The lowest BCUT2D eigenvalue weighted by Crippen LogP contribution is -1.79. The van der Waals surface area contributed by atoms with Gasteiger partial charge < -0.3 is 4.40 Å². The Kier molecular flexibility index (Phi) is 3.32. The fourth-order valence-corrected chi connectivity index (χ4v) is 1.24. The van der Waals surface area contributed by atoms with Gasteiger partial charge in [-0.25, -0.2) is 4.98 Å². The van der Waals surface area contributed by atoms with Crippen molar-refractivity contribution in [2.75, 3.05) is 0 Å². The molecule has 0 radical (unpaired) electrons. The molecular formula is C10H13ClN2. The standard InChI is InChI=1S/C8H7ClN2.C2H6/c1-6-5-11-3-2-7(9)4-8(11)10-6;1-2/h2-5H,1H3;1-2H3. The molecule has 0 atom stereocenters. The van der Waals surface area contributed by atoms with Gasteiger partial charge in [0.2, 0.25) is 0 Å². The molecule has 0 aliphatic rings. The summed E-state index contributed by atoms with van der Waals surface area (Å²) in [6.07, 6.45) is 3.86. The van der Waals surface area contributed by atoms with Gasteiger partial charge in [0.05, 0.1) is 5.69 Å². The van der Waals surface area contributed by atoms with E-state index < -0.39 is 0 Å². The van der Waals surface area contributed by atoms with Gasteiger partial charge in [-0.3, -0.25) is 0 Å². The molecule has 2 aromatic heterocycles. The minimum absolute atomic E-state index is 0.725. The van der Waals surface area contributed by atoms with Crippen LogP contribution in [0.5, 0.6) is 0 Å². The SMILES string of the molecule is CC.Cc1cn2ccc(Cl)cc2n1. The second-order valence-corrected chi connectivity index (χ2v) is 2.93. The minimum Gasteiger partial charge on any atom is -0.307 e. The van der Waals surface area contributed by atoms with Crippen molar-refractivity contribution in [3.05, 3.63) is 35.2 Å². The second-order valence-electron chi connectivity index (χ2n) is 2.49. The van der Waals surface area contributed by atoms with E-state index >= 15 is 0 Å². The van der Waals surface area contributed by atoms with E-state index in [9.17, 15) is 0 Å². The summed E-state index contributed by atoms with van der Waals surface area (Å²) in [6.45, 7) is 5.96. The van der Waals surface area contributed by atoms with Crippen LogP contribution in [0, 0.1) is 6.92 Å². The van der Waals surface area contributed by atoms with Crippen molar-refractivity contribution in [1.29, 1.82) is 0 Å². The molecule has 0 spiro atoms. The maximum absolute atomic E-state index is 5.77. The smallest absolute Gasteiger partial charge is 0.138 e. The molecule has 0 amide bonds. The Morgan fingerprint density at radius 1 is 1.38 bits per heavy atom. The first-order valence-corrected chi connectivity index (χ1v) is 4.74. The summed E-state index contributed by atoms with van der Waals surface area (Å²) in [6, 6.07) is 3.68. The van der Waals surface area contributed by atoms with Crippen LogP contribution < -0.4 is 0 Å². The van der Waals surface area contributed by atoms with Gasteiger partial charge in [0.25, 0.3) is 0 Å². The first-order chi connectivity index (χ1) is 6.25. The van der Waals surface area contributed by atoms with E-state index in [-0.39, 0.29) is 0 Å². The molecule has 0 aliphatic carbocycles. The highest BCUT2D eigenvalue weighted by atomic mass is 35.5. The zero-order chi connectivity index (χ0) is 9.84. The third-order valence-corrected chi connectivity index (χ3v) is 1.78. The number of fused-ring (bicyclic) bond motifs is 1. The Hall–Kier alpha value is -1.02. The molecule has 3 heteroatoms. The highest BCUT2D eigenvalue weighted by Gasteiger charge is 1.96. The molecule has 0 bridgehead atoms. The van der Waals surface area contributed by atoms with Crippen molar-refractivity contribution in [1.82, 2.24) is 9.38 Å². The van der Waals surface area contributed by atoms with Crippen LogP contribution >= 0.6 is 11.6 Å². The zero-order valence-corrected chi connectivity index (χ0v) is 8.84. The van der Waals surface area contributed by atoms with Crippen LogP contribution in [0.3, 0.4) is 0 Å². The van der Waals surface area contributed by atoms with E-state index in [1.807, 2.05) is 49.7 Å². The molecule has 0 N–H and O–H groups in total. The van der Waals surface area contributed by atoms with Gasteiger partial charge in [0.15, 0.2) is 0 Å². The van der Waals surface area contributed by atoms with Crippen molar-refractivity contribution >= 4 is 17.2 Å². The van der Waals surface area contributed by atoms with E-state index in [0.717, 1.165) is 16.4 Å². The monoisotopic (exact) mass is 196 g/mol. The molecule has 0 aromatic carbocycles. The predicted octanol–water partition coefficient (Wildman–Crippen LogP) is 3.32. The van der Waals surface area contributed by atoms with Crippen LogP contribution in [0.2, 0.25) is 5.02 Å². The molecule has 2 nitrogen and oxygen atoms in total. The summed E-state index contributed by atoms with van der Waals surface area (Å²) in [4.78, 5) is 4.25. The number of hydrogen-bond acceptors (Lipinski definition) is 1. The Balaban J connectivity index is 0.000000396. The summed E-state index contributed by atoms with van der Waals surface area (Å²) < 4.78 is 1.95. The fraction of sp³-hybridized carbons (Fsp3) is 0.300. The van der Waals surface area contributed by atoms with Crippen LogP contribution in [0.15, 0.2) is 24.5 Å². The number of aromatic nitrogens is 2. The topological polar surface area (TPSA) is 17.3 Å². The fourth-order valence-electron chi connectivity index (χ4n) is 1.08. The number of aryl methyl sites for hydroxylation is 1. The van der Waals surface area contributed by atoms with E-state index in [0.29, 0.717) is 0 Å². The van der Waals surface area contributed by atoms with Gasteiger partial charge in [-0.1, -0.05) is 25.4 Å². The van der Waals surface area contributed by atoms with E-state index in [1.54, 1.807) is 0 Å². The zero-order valence-electron chi connectivity index (χ0n) is 8.08. The molecule has 2 rings (SSSR count). The maximum atomic E-state index is 5.77. The first-order valence-electron chi connectivity index (χ1n) is 4.36. The number of rotatable bonds is 0. The second kappa shape index (κ2) is 4.28. The van der Waals surface area contributed by atoms with Crippen LogP contribution in [-0.4, -0.2) is 9.38 Å². The van der Waals surface area contributed by atoms with Crippen LogP contribution in [-0.2, 0) is 0 Å². The maximum Gasteiger partial charge on any atom is 0.138 e. The van der Waals surface area contributed by atoms with E-state index in [4.69, 9.17) is 11.6 Å². The van der Waals surface area contributed by atoms with Crippen molar-refractivity contribution in [2.24, 2.45) is 0 Å². The highest BCUT2D eigenvalue weighted by molar-refractivity contribution is 6.30. The average molecular weight is 197 g/mol. The summed E-state index contributed by atoms with van der Waals surface area (Å²) in [7, 11) is 0. The van der Waals surface area contributed by atoms with Gasteiger partial charge in [-0.15, -0.1) is 0 Å². The third kappa shape index (κ3) is 2.22. The summed E-state index contributed by atoms with van der Waals surface area (Å²) in [5, 5.41) is 0.725. The average Bonchev–Trinajstić information content (AvgIpc) is 2.48. The lowest BCUT2D eigenvalue weighted by molar-refractivity contribution is 1.18. The Labute approximate surface area is 83.2 Å². The Bertz CT molecular complexity index is 393. The van der Waals surface area contributed by atoms with Gasteiger partial charge in [0.1, 0.15) is 5.65 Å². The van der Waals surface area contributed by atoms with E-state index in [1.165, 1.54) is 0 Å². The first kappa shape index (κ1) is 10.1. The predicted molar refractivity (Wildman–Crippen MR) is 56.3 cm³/mol. The van der Waals surface area contributed by atoms with Crippen LogP contribution in [0.25, 0.3) is 5.65 Å². The number of halogens is 1. The van der Waals surface area contributed by atoms with Crippen LogP contribution in [0.1, 0.15) is 19.5 Å². The largest absolute Gasteiger partial charge is 0.307 e. The molecule has 2 aromatic rings. The third-order valence-electron chi connectivity index (χ3n) is 1.54. The summed E-state index contributed by atoms with van der Waals surface area (Å²) in [5.74, 6) is 0. The van der Waals surface area contributed by atoms with Gasteiger partial charge >= 0.3 is 0 Å². The van der Waals surface area contributed by atoms with Crippen molar-refractivity contribution in [3.8, 4) is 0 Å². The molecule has 0 unspecified atom stereocenters. The van der Waals surface area contributed by atoms with Crippen molar-refractivity contribution < 1.29 is 0 Å². The molecule has 2 heterocycles. The minimum atomic E-state index is 0.725. The molecular weight excluding hydrogens is 184 g/mol. The summed E-state index contributed by atoms with van der Waals surface area (Å²) in [5.41, 5.74) is 1.90. The molecule has 0 fully saturated rings. The molecule has 13 heavy (non-hydrogen) atoms. The summed E-state index contributed by atoms with van der Waals surface area (Å²) >= 11 is 5.77. The van der Waals surface area contributed by atoms with Gasteiger partial charge in [-0.2, -0.15) is 0 Å². The number of hydrogen-bond donors (Lipinski definition) is 0. The molecule has 70 valence electrons. The number of imidazole rings is 1. The van der Waals surface area contributed by atoms with Gasteiger partial charge in [0, 0.05) is 17.4 Å². The lowest BCUT2D eigenvalue weighted by Gasteiger charge is -1.90. The molecule has 0 saturated heterocycles. The Morgan fingerprint density at radius 2 is 2.08 bits per heavy atom. The normalized spacial score (nSPS) is 9.54. The van der Waals surface area contributed by atoms with Crippen molar-refractivity contribution in [3.63, 3.8) is 0 Å². The molecule has 0 saturated carbocycles. The highest BCUT2D eigenvalue weighted by Crippen LogP contribution is 2.11.